The third-order valence-electron chi connectivity index (χ3n) is 2.81. The quantitative estimate of drug-likeness (QED) is 0.664. The fraction of sp³-hybridized carbons (Fsp3) is 0.818. The average molecular weight is 227 g/mol. The molecule has 3 amide bonds. The average Bonchev–Trinajstić information content (AvgIpc) is 2.70. The number of imide groups is 1. The van der Waals surface area contributed by atoms with Crippen LogP contribution >= 0.6 is 0 Å². The number of hydrogen-bond donors (Lipinski definition) is 3. The van der Waals surface area contributed by atoms with Crippen molar-refractivity contribution < 1.29 is 9.59 Å². The normalized spacial score (nSPS) is 18.1. The molecule has 1 aliphatic rings. The molecule has 0 spiro atoms. The van der Waals surface area contributed by atoms with Gasteiger partial charge in [-0.15, -0.1) is 0 Å². The minimum absolute atomic E-state index is 0.266. The summed E-state index contributed by atoms with van der Waals surface area (Å²) in [6, 6.07) is -0.312. The van der Waals surface area contributed by atoms with E-state index in [1.807, 2.05) is 6.92 Å². The third kappa shape index (κ3) is 4.18. The molecule has 0 bridgehead atoms. The van der Waals surface area contributed by atoms with Crippen molar-refractivity contribution in [3.63, 3.8) is 0 Å². The van der Waals surface area contributed by atoms with Crippen LogP contribution in [-0.4, -0.2) is 30.6 Å². The maximum atomic E-state index is 11.6. The summed E-state index contributed by atoms with van der Waals surface area (Å²) in [7, 11) is 0. The van der Waals surface area contributed by atoms with E-state index in [2.05, 4.69) is 16.0 Å². The molecular weight excluding hydrogens is 206 g/mol. The van der Waals surface area contributed by atoms with Crippen LogP contribution in [0.5, 0.6) is 0 Å². The van der Waals surface area contributed by atoms with Crippen LogP contribution in [-0.2, 0) is 4.79 Å². The van der Waals surface area contributed by atoms with Gasteiger partial charge in [-0.3, -0.25) is 10.1 Å². The summed E-state index contributed by atoms with van der Waals surface area (Å²) >= 11 is 0. The van der Waals surface area contributed by atoms with Gasteiger partial charge in [0.15, 0.2) is 0 Å². The second kappa shape index (κ2) is 6.48. The monoisotopic (exact) mass is 227 g/mol. The van der Waals surface area contributed by atoms with Gasteiger partial charge in [-0.2, -0.15) is 0 Å². The molecule has 0 aromatic rings. The van der Waals surface area contributed by atoms with Crippen LogP contribution in [0.2, 0.25) is 0 Å². The predicted octanol–water partition coefficient (Wildman–Crippen LogP) is 0.753. The van der Waals surface area contributed by atoms with Gasteiger partial charge in [0.1, 0.15) is 0 Å². The van der Waals surface area contributed by atoms with Crippen molar-refractivity contribution in [1.82, 2.24) is 16.0 Å². The standard InChI is InChI=1S/C11H21N3O2/c1-3-12-11(16)14-10(15)8(2)13-9-6-4-5-7-9/h8-9,13H,3-7H2,1-2H3,(H2,12,14,15,16). The second-order valence-electron chi connectivity index (χ2n) is 4.22. The van der Waals surface area contributed by atoms with E-state index >= 15 is 0 Å². The summed E-state index contributed by atoms with van der Waals surface area (Å²) in [5.74, 6) is -0.266. The molecule has 92 valence electrons. The van der Waals surface area contributed by atoms with Crippen molar-refractivity contribution in [3.05, 3.63) is 0 Å². The fourth-order valence-electron chi connectivity index (χ4n) is 1.95. The summed E-state index contributed by atoms with van der Waals surface area (Å²) in [5.41, 5.74) is 0. The van der Waals surface area contributed by atoms with Gasteiger partial charge in [-0.1, -0.05) is 12.8 Å². The zero-order valence-electron chi connectivity index (χ0n) is 10.0. The van der Waals surface area contributed by atoms with E-state index < -0.39 is 6.03 Å². The summed E-state index contributed by atoms with van der Waals surface area (Å²) in [5, 5.41) is 8.06. The summed E-state index contributed by atoms with van der Waals surface area (Å²) in [4.78, 5) is 22.7. The Hall–Kier alpha value is -1.10. The van der Waals surface area contributed by atoms with E-state index in [1.54, 1.807) is 6.92 Å². The highest BCUT2D eigenvalue weighted by atomic mass is 16.2. The molecule has 1 rings (SSSR count). The van der Waals surface area contributed by atoms with Crippen molar-refractivity contribution in [3.8, 4) is 0 Å². The largest absolute Gasteiger partial charge is 0.338 e. The molecule has 1 unspecified atom stereocenters. The Morgan fingerprint density at radius 2 is 1.94 bits per heavy atom. The van der Waals surface area contributed by atoms with Crippen LogP contribution in [0.15, 0.2) is 0 Å². The summed E-state index contributed by atoms with van der Waals surface area (Å²) in [6.07, 6.45) is 4.70. The zero-order chi connectivity index (χ0) is 12.0. The lowest BCUT2D eigenvalue weighted by atomic mass is 10.2. The Kier molecular flexibility index (Phi) is 5.25. The molecule has 0 aromatic heterocycles. The minimum Gasteiger partial charge on any atom is -0.338 e. The molecule has 0 aromatic carbocycles. The van der Waals surface area contributed by atoms with Gasteiger partial charge in [0.05, 0.1) is 6.04 Å². The van der Waals surface area contributed by atoms with Crippen LogP contribution in [0.4, 0.5) is 4.79 Å². The molecule has 1 atom stereocenters. The van der Waals surface area contributed by atoms with Crippen molar-refractivity contribution >= 4 is 11.9 Å². The number of hydrogen-bond acceptors (Lipinski definition) is 3. The minimum atomic E-state index is -0.424. The predicted molar refractivity (Wildman–Crippen MR) is 62.1 cm³/mol. The van der Waals surface area contributed by atoms with Crippen LogP contribution in [0.3, 0.4) is 0 Å². The SMILES string of the molecule is CCNC(=O)NC(=O)C(C)NC1CCCC1. The van der Waals surface area contributed by atoms with Crippen LogP contribution in [0, 0.1) is 0 Å². The van der Waals surface area contributed by atoms with Crippen molar-refractivity contribution in [2.45, 2.75) is 51.6 Å². The highest BCUT2D eigenvalue weighted by Crippen LogP contribution is 2.17. The van der Waals surface area contributed by atoms with E-state index in [0.717, 1.165) is 12.8 Å². The Balaban J connectivity index is 2.26. The highest BCUT2D eigenvalue weighted by molar-refractivity contribution is 5.96. The first kappa shape index (κ1) is 13.0. The highest BCUT2D eigenvalue weighted by Gasteiger charge is 2.21. The van der Waals surface area contributed by atoms with Crippen LogP contribution in [0.25, 0.3) is 0 Å². The first-order valence-corrected chi connectivity index (χ1v) is 5.98. The van der Waals surface area contributed by atoms with E-state index in [-0.39, 0.29) is 11.9 Å². The van der Waals surface area contributed by atoms with Gasteiger partial charge in [-0.25, -0.2) is 4.79 Å². The lowest BCUT2D eigenvalue weighted by Gasteiger charge is -2.18. The van der Waals surface area contributed by atoms with E-state index in [4.69, 9.17) is 0 Å². The van der Waals surface area contributed by atoms with Gasteiger partial charge >= 0.3 is 6.03 Å². The van der Waals surface area contributed by atoms with Crippen LogP contribution in [0.1, 0.15) is 39.5 Å². The smallest absolute Gasteiger partial charge is 0.321 e. The molecule has 3 N–H and O–H groups in total. The number of rotatable bonds is 4. The lowest BCUT2D eigenvalue weighted by molar-refractivity contribution is -0.121. The molecule has 5 nitrogen and oxygen atoms in total. The van der Waals surface area contributed by atoms with Crippen molar-refractivity contribution in [2.75, 3.05) is 6.54 Å². The van der Waals surface area contributed by atoms with Crippen molar-refractivity contribution in [1.29, 1.82) is 0 Å². The number of nitrogens with one attached hydrogen (secondary N) is 3. The Morgan fingerprint density at radius 3 is 2.50 bits per heavy atom. The van der Waals surface area contributed by atoms with Crippen LogP contribution < -0.4 is 16.0 Å². The molecule has 1 saturated carbocycles. The van der Waals surface area contributed by atoms with E-state index in [9.17, 15) is 9.59 Å². The van der Waals surface area contributed by atoms with Gasteiger partial charge in [-0.05, 0) is 26.7 Å². The molecule has 0 saturated heterocycles. The third-order valence-corrected chi connectivity index (χ3v) is 2.81. The van der Waals surface area contributed by atoms with Gasteiger partial charge in [0.2, 0.25) is 5.91 Å². The lowest BCUT2D eigenvalue weighted by Crippen LogP contribution is -2.50. The molecule has 1 aliphatic carbocycles. The summed E-state index contributed by atoms with van der Waals surface area (Å²) < 4.78 is 0. The van der Waals surface area contributed by atoms with Gasteiger partial charge < -0.3 is 10.6 Å². The Labute approximate surface area is 96.4 Å². The number of amides is 3. The van der Waals surface area contributed by atoms with Gasteiger partial charge in [0, 0.05) is 12.6 Å². The molecule has 0 heterocycles. The fourth-order valence-corrected chi connectivity index (χ4v) is 1.95. The number of carbonyl (C=O) groups is 2. The molecule has 1 fully saturated rings. The molecule has 0 aliphatic heterocycles. The van der Waals surface area contributed by atoms with Crippen molar-refractivity contribution in [2.24, 2.45) is 0 Å². The first-order valence-electron chi connectivity index (χ1n) is 5.98. The molecular formula is C11H21N3O2. The zero-order valence-corrected chi connectivity index (χ0v) is 10.0. The summed E-state index contributed by atoms with van der Waals surface area (Å²) in [6.45, 7) is 4.11. The topological polar surface area (TPSA) is 70.2 Å². The number of carbonyl (C=O) groups excluding carboxylic acids is 2. The maximum absolute atomic E-state index is 11.6. The Bertz CT molecular complexity index is 250. The van der Waals surface area contributed by atoms with Gasteiger partial charge in [0.25, 0.3) is 0 Å². The second-order valence-corrected chi connectivity index (χ2v) is 4.22. The first-order chi connectivity index (χ1) is 7.63. The van der Waals surface area contributed by atoms with E-state index in [0.29, 0.717) is 12.6 Å². The molecule has 16 heavy (non-hydrogen) atoms. The molecule has 5 heteroatoms. The van der Waals surface area contributed by atoms with E-state index in [1.165, 1.54) is 12.8 Å². The number of urea groups is 1. The molecule has 0 radical (unpaired) electrons. The Morgan fingerprint density at radius 1 is 1.31 bits per heavy atom. The maximum Gasteiger partial charge on any atom is 0.321 e.